The molecule has 130 valence electrons. The number of carbonyl (C=O) groups excluding carboxylic acids is 2. The van der Waals surface area contributed by atoms with Gasteiger partial charge in [-0.05, 0) is 42.3 Å². The zero-order valence-corrected chi connectivity index (χ0v) is 14.8. The molecule has 0 saturated carbocycles. The molecule has 26 heavy (non-hydrogen) atoms. The van der Waals surface area contributed by atoms with Crippen LogP contribution < -0.4 is 10.2 Å². The zero-order chi connectivity index (χ0) is 17.9. The molecule has 1 fully saturated rings. The van der Waals surface area contributed by atoms with Crippen LogP contribution in [0, 0.1) is 0 Å². The van der Waals surface area contributed by atoms with E-state index in [4.69, 9.17) is 0 Å². The molecule has 2 amide bonds. The Morgan fingerprint density at radius 1 is 1.15 bits per heavy atom. The number of amides is 2. The lowest BCUT2D eigenvalue weighted by Crippen LogP contribution is -2.23. The Morgan fingerprint density at radius 2 is 1.96 bits per heavy atom. The molecule has 1 aliphatic rings. The van der Waals surface area contributed by atoms with E-state index in [-0.39, 0.29) is 11.8 Å². The number of anilines is 2. The Labute approximate surface area is 155 Å². The van der Waals surface area contributed by atoms with Crippen molar-refractivity contribution in [3.8, 4) is 0 Å². The molecule has 0 aliphatic carbocycles. The minimum Gasteiger partial charge on any atom is -0.312 e. The van der Waals surface area contributed by atoms with Gasteiger partial charge >= 0.3 is 0 Å². The fraction of sp³-hybridized carbons (Fsp3) is 0.150. The predicted molar refractivity (Wildman–Crippen MR) is 105 cm³/mol. The Balaban J connectivity index is 1.40. The second-order valence-electron chi connectivity index (χ2n) is 6.05. The van der Waals surface area contributed by atoms with Gasteiger partial charge in [0.2, 0.25) is 11.8 Å². The van der Waals surface area contributed by atoms with Crippen molar-refractivity contribution in [2.24, 2.45) is 0 Å². The number of nitrogens with one attached hydrogen (secondary N) is 1. The Bertz CT molecular complexity index is 959. The summed E-state index contributed by atoms with van der Waals surface area (Å²) in [6.45, 7) is 0.776. The van der Waals surface area contributed by atoms with Crippen LogP contribution in [0.4, 0.5) is 10.8 Å². The van der Waals surface area contributed by atoms with Crippen LogP contribution in [0.1, 0.15) is 18.4 Å². The van der Waals surface area contributed by atoms with Crippen LogP contribution in [0.25, 0.3) is 16.3 Å². The smallest absolute Gasteiger partial charge is 0.250 e. The summed E-state index contributed by atoms with van der Waals surface area (Å²) in [4.78, 5) is 30.0. The van der Waals surface area contributed by atoms with E-state index in [2.05, 4.69) is 10.3 Å². The van der Waals surface area contributed by atoms with Gasteiger partial charge in [0.15, 0.2) is 5.13 Å². The van der Waals surface area contributed by atoms with Gasteiger partial charge in [-0.25, -0.2) is 4.98 Å². The Kier molecular flexibility index (Phi) is 4.50. The van der Waals surface area contributed by atoms with Crippen LogP contribution >= 0.6 is 11.3 Å². The molecular formula is C20H17N3O2S. The summed E-state index contributed by atoms with van der Waals surface area (Å²) in [6, 6.07) is 15.4. The van der Waals surface area contributed by atoms with E-state index in [1.165, 1.54) is 17.4 Å². The van der Waals surface area contributed by atoms with Gasteiger partial charge in [-0.3, -0.25) is 14.9 Å². The first-order chi connectivity index (χ1) is 12.7. The molecule has 1 aliphatic heterocycles. The summed E-state index contributed by atoms with van der Waals surface area (Å²) in [7, 11) is 0. The van der Waals surface area contributed by atoms with Crippen LogP contribution in [-0.2, 0) is 9.59 Å². The first-order valence-corrected chi connectivity index (χ1v) is 9.26. The van der Waals surface area contributed by atoms with Crippen molar-refractivity contribution in [1.29, 1.82) is 0 Å². The third-order valence-corrected chi connectivity index (χ3v) is 5.18. The van der Waals surface area contributed by atoms with E-state index in [0.29, 0.717) is 11.6 Å². The maximum atomic E-state index is 12.1. The highest BCUT2D eigenvalue weighted by atomic mass is 32.1. The topological polar surface area (TPSA) is 62.3 Å². The van der Waals surface area contributed by atoms with Gasteiger partial charge in [-0.1, -0.05) is 35.6 Å². The normalized spacial score (nSPS) is 14.5. The average Bonchev–Trinajstić information content (AvgIpc) is 3.25. The molecule has 6 heteroatoms. The molecule has 1 saturated heterocycles. The molecule has 4 rings (SSSR count). The van der Waals surface area contributed by atoms with Crippen molar-refractivity contribution < 1.29 is 9.59 Å². The number of para-hydroxylation sites is 1. The fourth-order valence-corrected chi connectivity index (χ4v) is 3.80. The lowest BCUT2D eigenvalue weighted by Gasteiger charge is -2.15. The molecule has 0 unspecified atom stereocenters. The summed E-state index contributed by atoms with van der Waals surface area (Å²) >= 11 is 1.45. The fourth-order valence-electron chi connectivity index (χ4n) is 2.93. The van der Waals surface area contributed by atoms with Crippen molar-refractivity contribution in [1.82, 2.24) is 4.98 Å². The Hall–Kier alpha value is -2.99. The SMILES string of the molecule is O=C(/C=C/c1ccc(N2CCCC2=O)cc1)Nc1nc2ccccc2s1. The summed E-state index contributed by atoms with van der Waals surface area (Å²) in [5, 5.41) is 3.38. The quantitative estimate of drug-likeness (QED) is 0.711. The molecule has 0 atom stereocenters. The lowest BCUT2D eigenvalue weighted by molar-refractivity contribution is -0.117. The number of fused-ring (bicyclic) bond motifs is 1. The Morgan fingerprint density at radius 3 is 2.69 bits per heavy atom. The van der Waals surface area contributed by atoms with E-state index in [9.17, 15) is 9.59 Å². The number of nitrogens with zero attached hydrogens (tertiary/aromatic N) is 2. The van der Waals surface area contributed by atoms with Gasteiger partial charge in [0.05, 0.1) is 10.2 Å². The van der Waals surface area contributed by atoms with Crippen LogP contribution in [0.5, 0.6) is 0 Å². The minimum atomic E-state index is -0.220. The third kappa shape index (κ3) is 3.50. The van der Waals surface area contributed by atoms with Crippen molar-refractivity contribution in [2.45, 2.75) is 12.8 Å². The molecule has 2 heterocycles. The monoisotopic (exact) mass is 363 g/mol. The largest absolute Gasteiger partial charge is 0.312 e. The molecule has 0 spiro atoms. The minimum absolute atomic E-state index is 0.170. The van der Waals surface area contributed by atoms with Gasteiger partial charge in [0.25, 0.3) is 0 Å². The maximum absolute atomic E-state index is 12.1. The molecular weight excluding hydrogens is 346 g/mol. The highest BCUT2D eigenvalue weighted by molar-refractivity contribution is 7.22. The molecule has 1 aromatic heterocycles. The van der Waals surface area contributed by atoms with Gasteiger partial charge in [0.1, 0.15) is 0 Å². The molecule has 1 N–H and O–H groups in total. The summed E-state index contributed by atoms with van der Waals surface area (Å²) in [5.74, 6) is -0.0497. The zero-order valence-electron chi connectivity index (χ0n) is 14.0. The number of benzene rings is 2. The molecule has 5 nitrogen and oxygen atoms in total. The number of hydrogen-bond donors (Lipinski definition) is 1. The van der Waals surface area contributed by atoms with E-state index in [1.807, 2.05) is 48.5 Å². The summed E-state index contributed by atoms with van der Waals surface area (Å²) in [5.41, 5.74) is 2.69. The van der Waals surface area contributed by atoms with Crippen molar-refractivity contribution in [2.75, 3.05) is 16.8 Å². The lowest BCUT2D eigenvalue weighted by atomic mass is 10.2. The van der Waals surface area contributed by atoms with Gasteiger partial charge < -0.3 is 4.90 Å². The van der Waals surface area contributed by atoms with E-state index < -0.39 is 0 Å². The molecule has 0 radical (unpaired) electrons. The third-order valence-electron chi connectivity index (χ3n) is 4.23. The maximum Gasteiger partial charge on any atom is 0.250 e. The van der Waals surface area contributed by atoms with Crippen molar-refractivity contribution in [3.63, 3.8) is 0 Å². The summed E-state index contributed by atoms with van der Waals surface area (Å²) in [6.07, 6.45) is 4.76. The van der Waals surface area contributed by atoms with E-state index in [1.54, 1.807) is 11.0 Å². The summed E-state index contributed by atoms with van der Waals surface area (Å²) < 4.78 is 1.04. The van der Waals surface area contributed by atoms with Crippen molar-refractivity contribution >= 4 is 50.3 Å². The van der Waals surface area contributed by atoms with E-state index in [0.717, 1.165) is 34.4 Å². The van der Waals surface area contributed by atoms with Gasteiger partial charge in [-0.2, -0.15) is 0 Å². The first-order valence-electron chi connectivity index (χ1n) is 8.44. The first kappa shape index (κ1) is 16.5. The van der Waals surface area contributed by atoms with Crippen LogP contribution in [0.2, 0.25) is 0 Å². The molecule has 2 aromatic carbocycles. The highest BCUT2D eigenvalue weighted by Crippen LogP contribution is 2.25. The number of hydrogen-bond acceptors (Lipinski definition) is 4. The van der Waals surface area contributed by atoms with Crippen LogP contribution in [0.3, 0.4) is 0 Å². The predicted octanol–water partition coefficient (Wildman–Crippen LogP) is 4.08. The van der Waals surface area contributed by atoms with Crippen LogP contribution in [0.15, 0.2) is 54.6 Å². The molecule has 0 bridgehead atoms. The number of thiazole rings is 1. The second-order valence-corrected chi connectivity index (χ2v) is 7.08. The second kappa shape index (κ2) is 7.09. The van der Waals surface area contributed by atoms with Crippen LogP contribution in [-0.4, -0.2) is 23.3 Å². The number of rotatable bonds is 4. The molecule has 3 aromatic rings. The average molecular weight is 363 g/mol. The highest BCUT2D eigenvalue weighted by Gasteiger charge is 2.21. The van der Waals surface area contributed by atoms with E-state index >= 15 is 0 Å². The van der Waals surface area contributed by atoms with Gasteiger partial charge in [-0.15, -0.1) is 0 Å². The number of aromatic nitrogens is 1. The van der Waals surface area contributed by atoms with Gasteiger partial charge in [0, 0.05) is 24.7 Å². The standard InChI is InChI=1S/C20H17N3O2S/c24-18(22-20-21-16-4-1-2-5-17(16)26-20)12-9-14-7-10-15(11-8-14)23-13-3-6-19(23)25/h1-2,4-5,7-12H,3,6,13H2,(H,21,22,24)/b12-9+. The number of carbonyl (C=O) groups is 2. The van der Waals surface area contributed by atoms with Crippen molar-refractivity contribution in [3.05, 3.63) is 60.2 Å².